The molecule has 0 radical (unpaired) electrons. The number of carbonyl (C=O) groups excluding carboxylic acids is 2. The van der Waals surface area contributed by atoms with Gasteiger partial charge in [-0.25, -0.2) is 0 Å². The summed E-state index contributed by atoms with van der Waals surface area (Å²) < 4.78 is 0. The molecule has 0 bridgehead atoms. The van der Waals surface area contributed by atoms with Crippen LogP contribution in [-0.2, 0) is 14.4 Å². The Labute approximate surface area is 98.7 Å². The van der Waals surface area contributed by atoms with E-state index >= 15 is 0 Å². The van der Waals surface area contributed by atoms with Gasteiger partial charge in [-0.15, -0.1) is 0 Å². The Morgan fingerprint density at radius 3 is 2.24 bits per heavy atom. The molecular formula is C10H17N3O4. The average molecular weight is 243 g/mol. The molecule has 96 valence electrons. The van der Waals surface area contributed by atoms with Crippen LogP contribution in [0.3, 0.4) is 0 Å². The van der Waals surface area contributed by atoms with Crippen LogP contribution in [0.1, 0.15) is 19.3 Å². The van der Waals surface area contributed by atoms with Crippen molar-refractivity contribution in [2.75, 3.05) is 19.6 Å². The van der Waals surface area contributed by atoms with Crippen LogP contribution in [0.5, 0.6) is 0 Å². The molecule has 0 unspecified atom stereocenters. The third-order valence-electron chi connectivity index (χ3n) is 3.03. The molecule has 0 aromatic rings. The summed E-state index contributed by atoms with van der Waals surface area (Å²) in [6, 6.07) is 0. The lowest BCUT2D eigenvalue weighted by Gasteiger charge is -2.38. The molecule has 0 aromatic carbocycles. The summed E-state index contributed by atoms with van der Waals surface area (Å²) in [4.78, 5) is 33.1. The Hall–Kier alpha value is -1.63. The van der Waals surface area contributed by atoms with Crippen molar-refractivity contribution >= 4 is 17.8 Å². The minimum absolute atomic E-state index is 0.214. The van der Waals surface area contributed by atoms with Crippen LogP contribution in [0.25, 0.3) is 0 Å². The Bertz CT molecular complexity index is 320. The van der Waals surface area contributed by atoms with Gasteiger partial charge in [-0.1, -0.05) is 6.42 Å². The fourth-order valence-corrected chi connectivity index (χ4v) is 1.71. The van der Waals surface area contributed by atoms with Gasteiger partial charge in [0.2, 0.25) is 11.8 Å². The first kappa shape index (κ1) is 13.4. The van der Waals surface area contributed by atoms with E-state index in [-0.39, 0.29) is 19.0 Å². The van der Waals surface area contributed by atoms with Crippen molar-refractivity contribution in [2.45, 2.75) is 19.3 Å². The van der Waals surface area contributed by atoms with Crippen LogP contribution in [0.15, 0.2) is 0 Å². The van der Waals surface area contributed by atoms with E-state index in [1.165, 1.54) is 0 Å². The molecule has 7 heteroatoms. The van der Waals surface area contributed by atoms with E-state index in [0.717, 1.165) is 19.3 Å². The SMILES string of the molecule is NCC1(C(=O)NCC(=O)NCC(=O)O)CCC1. The van der Waals surface area contributed by atoms with Gasteiger partial charge in [0.05, 0.1) is 12.0 Å². The van der Waals surface area contributed by atoms with Crippen molar-refractivity contribution in [1.82, 2.24) is 10.6 Å². The minimum atomic E-state index is -1.12. The minimum Gasteiger partial charge on any atom is -0.480 e. The van der Waals surface area contributed by atoms with Crippen LogP contribution < -0.4 is 16.4 Å². The van der Waals surface area contributed by atoms with Crippen LogP contribution in [0.2, 0.25) is 0 Å². The van der Waals surface area contributed by atoms with Gasteiger partial charge in [-0.05, 0) is 12.8 Å². The summed E-state index contributed by atoms with van der Waals surface area (Å²) >= 11 is 0. The van der Waals surface area contributed by atoms with Crippen molar-refractivity contribution in [3.63, 3.8) is 0 Å². The molecule has 17 heavy (non-hydrogen) atoms. The van der Waals surface area contributed by atoms with Crippen LogP contribution in [0, 0.1) is 5.41 Å². The number of carboxylic acid groups (broad SMARTS) is 1. The molecule has 1 saturated carbocycles. The van der Waals surface area contributed by atoms with E-state index in [1.807, 2.05) is 0 Å². The largest absolute Gasteiger partial charge is 0.480 e. The maximum absolute atomic E-state index is 11.7. The van der Waals surface area contributed by atoms with E-state index in [0.29, 0.717) is 0 Å². The molecule has 5 N–H and O–H groups in total. The lowest BCUT2D eigenvalue weighted by Crippen LogP contribution is -2.52. The fraction of sp³-hybridized carbons (Fsp3) is 0.700. The zero-order valence-electron chi connectivity index (χ0n) is 9.49. The lowest BCUT2D eigenvalue weighted by molar-refractivity contribution is -0.138. The second-order valence-corrected chi connectivity index (χ2v) is 4.19. The van der Waals surface area contributed by atoms with E-state index in [9.17, 15) is 14.4 Å². The molecule has 7 nitrogen and oxygen atoms in total. The van der Waals surface area contributed by atoms with Gasteiger partial charge in [-0.3, -0.25) is 14.4 Å². The topological polar surface area (TPSA) is 122 Å². The van der Waals surface area contributed by atoms with Gasteiger partial charge in [0.25, 0.3) is 0 Å². The number of carboxylic acids is 1. The first-order valence-electron chi connectivity index (χ1n) is 5.47. The van der Waals surface area contributed by atoms with Gasteiger partial charge in [0.15, 0.2) is 0 Å². The van der Waals surface area contributed by atoms with Crippen molar-refractivity contribution < 1.29 is 19.5 Å². The number of carbonyl (C=O) groups is 3. The van der Waals surface area contributed by atoms with Crippen LogP contribution in [0.4, 0.5) is 0 Å². The number of aliphatic carboxylic acids is 1. The van der Waals surface area contributed by atoms with Crippen LogP contribution >= 0.6 is 0 Å². The Kier molecular flexibility index (Phi) is 4.45. The van der Waals surface area contributed by atoms with Crippen molar-refractivity contribution in [3.8, 4) is 0 Å². The summed E-state index contributed by atoms with van der Waals surface area (Å²) in [5, 5.41) is 13.0. The molecular weight excluding hydrogens is 226 g/mol. The maximum Gasteiger partial charge on any atom is 0.322 e. The summed E-state index contributed by atoms with van der Waals surface area (Å²) in [7, 11) is 0. The van der Waals surface area contributed by atoms with Gasteiger partial charge >= 0.3 is 5.97 Å². The number of nitrogens with one attached hydrogen (secondary N) is 2. The lowest BCUT2D eigenvalue weighted by atomic mass is 9.68. The zero-order valence-corrected chi connectivity index (χ0v) is 9.49. The predicted octanol–water partition coefficient (Wildman–Crippen LogP) is -1.57. The number of hydrogen-bond donors (Lipinski definition) is 4. The molecule has 2 amide bonds. The number of rotatable bonds is 6. The van der Waals surface area contributed by atoms with Crippen molar-refractivity contribution in [3.05, 3.63) is 0 Å². The molecule has 0 spiro atoms. The van der Waals surface area contributed by atoms with Gasteiger partial charge in [0.1, 0.15) is 6.54 Å². The first-order chi connectivity index (χ1) is 8.00. The summed E-state index contributed by atoms with van der Waals surface area (Å²) in [6.07, 6.45) is 2.45. The summed E-state index contributed by atoms with van der Waals surface area (Å²) in [6.45, 7) is -0.389. The second kappa shape index (κ2) is 5.62. The summed E-state index contributed by atoms with van der Waals surface area (Å²) in [5.41, 5.74) is 5.01. The highest BCUT2D eigenvalue weighted by atomic mass is 16.4. The third kappa shape index (κ3) is 3.42. The maximum atomic E-state index is 11.7. The molecule has 0 saturated heterocycles. The standard InChI is InChI=1S/C10H17N3O4/c11-6-10(2-1-3-10)9(17)13-4-7(14)12-5-8(15)16/h1-6,11H2,(H,12,14)(H,13,17)(H,15,16). The molecule has 1 rings (SSSR count). The van der Waals surface area contributed by atoms with E-state index in [1.54, 1.807) is 0 Å². The number of nitrogens with two attached hydrogens (primary N) is 1. The molecule has 1 aliphatic rings. The van der Waals surface area contributed by atoms with E-state index in [2.05, 4.69) is 10.6 Å². The smallest absolute Gasteiger partial charge is 0.322 e. The molecule has 1 fully saturated rings. The van der Waals surface area contributed by atoms with Crippen molar-refractivity contribution in [1.29, 1.82) is 0 Å². The first-order valence-corrected chi connectivity index (χ1v) is 5.47. The van der Waals surface area contributed by atoms with Gasteiger partial charge < -0.3 is 21.5 Å². The van der Waals surface area contributed by atoms with Gasteiger partial charge in [-0.2, -0.15) is 0 Å². The van der Waals surface area contributed by atoms with E-state index in [4.69, 9.17) is 10.8 Å². The highest BCUT2D eigenvalue weighted by Crippen LogP contribution is 2.39. The second-order valence-electron chi connectivity index (χ2n) is 4.19. The molecule has 1 aliphatic carbocycles. The van der Waals surface area contributed by atoms with Crippen LogP contribution in [-0.4, -0.2) is 42.5 Å². The fourth-order valence-electron chi connectivity index (χ4n) is 1.71. The number of amides is 2. The van der Waals surface area contributed by atoms with E-state index < -0.39 is 23.8 Å². The monoisotopic (exact) mass is 243 g/mol. The zero-order chi connectivity index (χ0) is 12.9. The molecule has 0 heterocycles. The predicted molar refractivity (Wildman–Crippen MR) is 59.0 cm³/mol. The van der Waals surface area contributed by atoms with Crippen molar-refractivity contribution in [2.24, 2.45) is 11.1 Å². The molecule has 0 aromatic heterocycles. The molecule has 0 aliphatic heterocycles. The Morgan fingerprint density at radius 1 is 1.18 bits per heavy atom. The Morgan fingerprint density at radius 2 is 1.82 bits per heavy atom. The highest BCUT2D eigenvalue weighted by Gasteiger charge is 2.42. The normalized spacial score (nSPS) is 16.8. The quantitative estimate of drug-likeness (QED) is 0.449. The van der Waals surface area contributed by atoms with Gasteiger partial charge in [0, 0.05) is 6.54 Å². The average Bonchev–Trinajstić information content (AvgIpc) is 2.22. The Balaban J connectivity index is 2.28. The molecule has 0 atom stereocenters. The summed E-state index contributed by atoms with van der Waals surface area (Å²) in [5.74, 6) is -1.87. The number of hydrogen-bond acceptors (Lipinski definition) is 4. The third-order valence-corrected chi connectivity index (χ3v) is 3.03. The highest BCUT2D eigenvalue weighted by molar-refractivity contribution is 5.89.